The highest BCUT2D eigenvalue weighted by Gasteiger charge is 2.57. The Kier molecular flexibility index (Phi) is 7.66. The van der Waals surface area contributed by atoms with Crippen molar-refractivity contribution in [2.24, 2.45) is 12.5 Å². The van der Waals surface area contributed by atoms with Gasteiger partial charge in [-0.3, -0.25) is 23.4 Å². The first-order valence-corrected chi connectivity index (χ1v) is 15.6. The topological polar surface area (TPSA) is 173 Å². The number of nitrogens with zero attached hydrogens (tertiary/aromatic N) is 4. The Balaban J connectivity index is 1.27. The number of carbonyl (C=O) groups is 2. The third kappa shape index (κ3) is 5.79. The molecule has 6 rings (SSSR count). The van der Waals surface area contributed by atoms with Gasteiger partial charge in [0.15, 0.2) is 0 Å². The maximum Gasteiger partial charge on any atom is 0.270 e. The van der Waals surface area contributed by atoms with E-state index in [0.717, 1.165) is 29.5 Å². The summed E-state index contributed by atoms with van der Waals surface area (Å²) in [6, 6.07) is 15.5. The number of para-hydroxylation sites is 1. The second-order valence-electron chi connectivity index (χ2n) is 11.3. The summed E-state index contributed by atoms with van der Waals surface area (Å²) >= 11 is 0. The fraction of sp³-hybridized carbons (Fsp3) is 0.333. The zero-order valence-electron chi connectivity index (χ0n) is 24.4. The smallest absolute Gasteiger partial charge is 0.270 e. The van der Waals surface area contributed by atoms with Crippen molar-refractivity contribution in [2.75, 3.05) is 11.9 Å². The van der Waals surface area contributed by atoms with Gasteiger partial charge in [0, 0.05) is 47.1 Å². The number of aromatic nitrogens is 4. The first-order valence-electron chi connectivity index (χ1n) is 14.1. The quantitative estimate of drug-likeness (QED) is 0.238. The zero-order chi connectivity index (χ0) is 31.2. The Labute approximate surface area is 253 Å². The minimum Gasteiger partial charge on any atom is -0.756 e. The maximum atomic E-state index is 14.1. The molecule has 2 aromatic heterocycles. The van der Waals surface area contributed by atoms with Crippen molar-refractivity contribution in [2.45, 2.75) is 45.4 Å². The summed E-state index contributed by atoms with van der Waals surface area (Å²) in [6.07, 6.45) is 3.30. The van der Waals surface area contributed by atoms with Crippen LogP contribution in [-0.2, 0) is 27.7 Å². The van der Waals surface area contributed by atoms with Crippen LogP contribution in [0.3, 0.4) is 0 Å². The molecule has 13 nitrogen and oxygen atoms in total. The Hall–Kier alpha value is -4.29. The van der Waals surface area contributed by atoms with E-state index in [4.69, 9.17) is 9.63 Å². The number of phosphoric ester groups is 1. The molecule has 44 heavy (non-hydrogen) atoms. The van der Waals surface area contributed by atoms with Crippen LogP contribution in [0.25, 0.3) is 11.1 Å². The van der Waals surface area contributed by atoms with E-state index in [1.54, 1.807) is 39.1 Å². The minimum atomic E-state index is -4.90. The van der Waals surface area contributed by atoms with Crippen LogP contribution in [0.1, 0.15) is 46.2 Å². The zero-order valence-corrected chi connectivity index (χ0v) is 25.3. The molecule has 2 unspecified atom stereocenters. The number of hydrogen-bond donors (Lipinski definition) is 3. The van der Waals surface area contributed by atoms with E-state index in [9.17, 15) is 19.0 Å². The molecule has 3 atom stereocenters. The number of phosphoric acid groups is 1. The number of anilines is 1. The molecule has 0 radical (unpaired) electrons. The first kappa shape index (κ1) is 29.8. The molecular formula is C30H32N6O7P-. The average Bonchev–Trinajstić information content (AvgIpc) is 3.51. The molecule has 0 saturated heterocycles. The summed E-state index contributed by atoms with van der Waals surface area (Å²) in [5.41, 5.74) is 4.32. The van der Waals surface area contributed by atoms with Crippen LogP contribution in [0, 0.1) is 19.3 Å². The van der Waals surface area contributed by atoms with Crippen LogP contribution in [0.4, 0.5) is 5.69 Å². The molecule has 3 heterocycles. The van der Waals surface area contributed by atoms with Gasteiger partial charge in [-0.05, 0) is 56.5 Å². The predicted molar refractivity (Wildman–Crippen MR) is 157 cm³/mol. The minimum absolute atomic E-state index is 0.255. The fourth-order valence-electron chi connectivity index (χ4n) is 6.08. The maximum absolute atomic E-state index is 14.1. The molecule has 1 aliphatic heterocycles. The van der Waals surface area contributed by atoms with Gasteiger partial charge >= 0.3 is 0 Å². The van der Waals surface area contributed by atoms with Gasteiger partial charge < -0.3 is 25.2 Å². The number of aryl methyl sites for hydroxylation is 2. The van der Waals surface area contributed by atoms with E-state index in [1.165, 1.54) is 15.6 Å². The molecule has 4 aromatic rings. The Morgan fingerprint density at radius 1 is 1.18 bits per heavy atom. The third-order valence-corrected chi connectivity index (χ3v) is 8.88. The second kappa shape index (κ2) is 11.3. The third-order valence-electron chi connectivity index (χ3n) is 8.44. The molecule has 3 N–H and O–H groups in total. The predicted octanol–water partition coefficient (Wildman–Crippen LogP) is 3.03. The van der Waals surface area contributed by atoms with Gasteiger partial charge in [0.2, 0.25) is 5.91 Å². The molecule has 1 aliphatic carbocycles. The fourth-order valence-corrected chi connectivity index (χ4v) is 6.33. The number of amides is 2. The van der Waals surface area contributed by atoms with Crippen molar-refractivity contribution in [3.05, 3.63) is 83.4 Å². The van der Waals surface area contributed by atoms with Crippen LogP contribution in [0.5, 0.6) is 5.75 Å². The van der Waals surface area contributed by atoms with Gasteiger partial charge in [0.25, 0.3) is 13.7 Å². The summed E-state index contributed by atoms with van der Waals surface area (Å²) in [5.74, 6) is -0.349. The lowest BCUT2D eigenvalue weighted by atomic mass is 9.76. The van der Waals surface area contributed by atoms with Gasteiger partial charge in [0.1, 0.15) is 24.2 Å². The highest BCUT2D eigenvalue weighted by molar-refractivity contribution is 7.44. The van der Waals surface area contributed by atoms with Crippen LogP contribution < -0.4 is 20.3 Å². The van der Waals surface area contributed by atoms with Gasteiger partial charge in [0.05, 0.1) is 12.3 Å². The number of carbonyl (C=O) groups excluding carboxylic acids is 2. The number of ether oxygens (including phenoxy) is 1. The Bertz CT molecular complexity index is 1770. The molecular weight excluding hydrogens is 587 g/mol. The SMILES string of the molecule is Cc1nn(COP(=O)([O-])O)c(C)c1-c1ccc(NC(=O)[C@@H](NC(=O)c2ccnn2C)C2c3ccccc3OCC23CC3)cc1. The van der Waals surface area contributed by atoms with Crippen molar-refractivity contribution in [1.29, 1.82) is 0 Å². The van der Waals surface area contributed by atoms with Crippen LogP contribution in [-0.4, -0.2) is 48.9 Å². The van der Waals surface area contributed by atoms with E-state index >= 15 is 0 Å². The molecule has 230 valence electrons. The standard InChI is InChI=1S/C30H33N6O7P/c1-18-25(19(2)36(34-18)17-43-44(39,40)41)20-8-10-21(11-9-20)32-29(38)27(33-28(37)23-12-15-31-35(23)3)26-22-6-4-5-7-24(22)42-16-30(26)13-14-30/h4-12,15,26-27H,13-14,16-17H2,1-3H3,(H,32,38)(H,33,37)(H2,39,40,41)/p-1/t26?,27-/m0/s1. The van der Waals surface area contributed by atoms with Crippen molar-refractivity contribution in [3.8, 4) is 16.9 Å². The number of nitrogens with one attached hydrogen (secondary N) is 2. The monoisotopic (exact) mass is 619 g/mol. The van der Waals surface area contributed by atoms with E-state index in [2.05, 4.69) is 25.4 Å². The molecule has 2 aromatic carbocycles. The largest absolute Gasteiger partial charge is 0.756 e. The summed E-state index contributed by atoms with van der Waals surface area (Å²) in [7, 11) is -3.23. The molecule has 2 aliphatic rings. The molecule has 1 spiro atoms. The van der Waals surface area contributed by atoms with Crippen LogP contribution >= 0.6 is 7.82 Å². The summed E-state index contributed by atoms with van der Waals surface area (Å²) in [4.78, 5) is 47.4. The van der Waals surface area contributed by atoms with E-state index < -0.39 is 26.5 Å². The van der Waals surface area contributed by atoms with Crippen LogP contribution in [0.2, 0.25) is 0 Å². The lowest BCUT2D eigenvalue weighted by Gasteiger charge is -2.38. The molecule has 1 saturated carbocycles. The average molecular weight is 620 g/mol. The Morgan fingerprint density at radius 2 is 1.91 bits per heavy atom. The molecule has 14 heteroatoms. The van der Waals surface area contributed by atoms with E-state index in [0.29, 0.717) is 35.1 Å². The van der Waals surface area contributed by atoms with E-state index in [1.807, 2.05) is 36.4 Å². The number of benzene rings is 2. The van der Waals surface area contributed by atoms with Gasteiger partial charge in [-0.2, -0.15) is 10.2 Å². The molecule has 2 amide bonds. The summed E-state index contributed by atoms with van der Waals surface area (Å²) in [6.45, 7) is 3.55. The van der Waals surface area contributed by atoms with Crippen molar-refractivity contribution in [3.63, 3.8) is 0 Å². The van der Waals surface area contributed by atoms with Gasteiger partial charge in [-0.1, -0.05) is 30.3 Å². The van der Waals surface area contributed by atoms with Crippen LogP contribution in [0.15, 0.2) is 60.8 Å². The number of hydrogen-bond acceptors (Lipinski definition) is 8. The van der Waals surface area contributed by atoms with Crippen molar-refractivity contribution < 1.29 is 33.2 Å². The molecule has 1 fully saturated rings. The Morgan fingerprint density at radius 3 is 2.57 bits per heavy atom. The highest BCUT2D eigenvalue weighted by Crippen LogP contribution is 2.61. The summed E-state index contributed by atoms with van der Waals surface area (Å²) < 4.78 is 24.4. The normalized spacial score (nSPS) is 18.5. The van der Waals surface area contributed by atoms with E-state index in [-0.39, 0.29) is 17.2 Å². The lowest BCUT2D eigenvalue weighted by molar-refractivity contribution is -0.223. The molecule has 0 bridgehead atoms. The van der Waals surface area contributed by atoms with Gasteiger partial charge in [-0.25, -0.2) is 4.68 Å². The van der Waals surface area contributed by atoms with Crippen molar-refractivity contribution >= 4 is 25.3 Å². The number of rotatable bonds is 9. The number of fused-ring (bicyclic) bond motifs is 1. The second-order valence-corrected chi connectivity index (χ2v) is 12.5. The van der Waals surface area contributed by atoms with Crippen molar-refractivity contribution in [1.82, 2.24) is 24.9 Å². The lowest BCUT2D eigenvalue weighted by Crippen LogP contribution is -2.52. The highest BCUT2D eigenvalue weighted by atomic mass is 31.2. The summed E-state index contributed by atoms with van der Waals surface area (Å²) in [5, 5.41) is 14.4. The first-order chi connectivity index (χ1) is 21.0. The van der Waals surface area contributed by atoms with Gasteiger partial charge in [-0.15, -0.1) is 0 Å².